The number of aromatic nitrogens is 5. The van der Waals surface area contributed by atoms with E-state index >= 15 is 0 Å². The average molecular weight is 278 g/mol. The van der Waals surface area contributed by atoms with Gasteiger partial charge in [0.15, 0.2) is 0 Å². The van der Waals surface area contributed by atoms with Crippen molar-refractivity contribution in [1.82, 2.24) is 25.1 Å². The van der Waals surface area contributed by atoms with Crippen molar-refractivity contribution in [3.8, 4) is 0 Å². The molecule has 4 aromatic rings. The van der Waals surface area contributed by atoms with Gasteiger partial charge in [-0.25, -0.2) is 9.97 Å². The minimum absolute atomic E-state index is 0.800. The number of hydrogen-bond donors (Lipinski definition) is 3. The monoisotopic (exact) mass is 278 g/mol. The molecule has 0 spiro atoms. The van der Waals surface area contributed by atoms with E-state index in [1.54, 1.807) is 6.20 Å². The second-order valence-corrected chi connectivity index (χ2v) is 5.08. The number of anilines is 2. The molecule has 3 heterocycles. The number of hydrogen-bond acceptors (Lipinski definition) is 4. The molecule has 0 saturated carbocycles. The van der Waals surface area contributed by atoms with Gasteiger partial charge in [-0.1, -0.05) is 0 Å². The zero-order chi connectivity index (χ0) is 14.4. The molecule has 0 amide bonds. The molecule has 1 aromatic carbocycles. The zero-order valence-electron chi connectivity index (χ0n) is 11.7. The summed E-state index contributed by atoms with van der Waals surface area (Å²) in [7, 11) is 0. The van der Waals surface area contributed by atoms with E-state index in [0.717, 1.165) is 45.0 Å². The smallest absolute Gasteiger partial charge is 0.141 e. The van der Waals surface area contributed by atoms with Crippen LogP contribution < -0.4 is 5.32 Å². The highest BCUT2D eigenvalue weighted by Crippen LogP contribution is 2.26. The SMILES string of the molecule is Cc1nc2ccc(Nc3nccc4n[nH]c(C)c34)cc2[nH]1. The van der Waals surface area contributed by atoms with Gasteiger partial charge < -0.3 is 10.3 Å². The van der Waals surface area contributed by atoms with Crippen molar-refractivity contribution in [2.45, 2.75) is 13.8 Å². The fourth-order valence-corrected chi connectivity index (χ4v) is 2.56. The summed E-state index contributed by atoms with van der Waals surface area (Å²) in [6.45, 7) is 3.94. The lowest BCUT2D eigenvalue weighted by Gasteiger charge is -2.07. The van der Waals surface area contributed by atoms with Gasteiger partial charge in [-0.15, -0.1) is 0 Å². The molecular formula is C15H14N6. The van der Waals surface area contributed by atoms with Crippen molar-refractivity contribution < 1.29 is 0 Å². The molecule has 0 aliphatic carbocycles. The number of H-pyrrole nitrogens is 2. The first-order valence-electron chi connectivity index (χ1n) is 6.74. The van der Waals surface area contributed by atoms with Gasteiger partial charge in [-0.3, -0.25) is 5.10 Å². The Kier molecular flexibility index (Phi) is 2.44. The van der Waals surface area contributed by atoms with Crippen molar-refractivity contribution >= 4 is 33.4 Å². The molecule has 0 bridgehead atoms. The van der Waals surface area contributed by atoms with Crippen LogP contribution in [0.1, 0.15) is 11.5 Å². The summed E-state index contributed by atoms with van der Waals surface area (Å²) in [6.07, 6.45) is 1.75. The molecule has 104 valence electrons. The number of fused-ring (bicyclic) bond motifs is 2. The number of benzene rings is 1. The van der Waals surface area contributed by atoms with E-state index in [1.165, 1.54) is 0 Å². The van der Waals surface area contributed by atoms with Crippen molar-refractivity contribution in [2.24, 2.45) is 0 Å². The van der Waals surface area contributed by atoms with Gasteiger partial charge in [0.25, 0.3) is 0 Å². The van der Waals surface area contributed by atoms with Crippen LogP contribution >= 0.6 is 0 Å². The van der Waals surface area contributed by atoms with Gasteiger partial charge in [-0.2, -0.15) is 5.10 Å². The van der Waals surface area contributed by atoms with E-state index in [4.69, 9.17) is 0 Å². The number of nitrogens with one attached hydrogen (secondary N) is 3. The lowest BCUT2D eigenvalue weighted by Crippen LogP contribution is -1.94. The quantitative estimate of drug-likeness (QED) is 0.526. The fourth-order valence-electron chi connectivity index (χ4n) is 2.56. The van der Waals surface area contributed by atoms with E-state index in [0.29, 0.717) is 0 Å². The Morgan fingerprint density at radius 1 is 1.10 bits per heavy atom. The van der Waals surface area contributed by atoms with Crippen molar-refractivity contribution in [1.29, 1.82) is 0 Å². The van der Waals surface area contributed by atoms with E-state index < -0.39 is 0 Å². The van der Waals surface area contributed by atoms with Crippen LogP contribution in [0.3, 0.4) is 0 Å². The third-order valence-electron chi connectivity index (χ3n) is 3.51. The van der Waals surface area contributed by atoms with Crippen LogP contribution in [-0.2, 0) is 0 Å². The van der Waals surface area contributed by atoms with Gasteiger partial charge in [0.2, 0.25) is 0 Å². The largest absolute Gasteiger partial charge is 0.342 e. The van der Waals surface area contributed by atoms with Gasteiger partial charge in [0, 0.05) is 17.6 Å². The summed E-state index contributed by atoms with van der Waals surface area (Å²) < 4.78 is 0. The average Bonchev–Trinajstić information content (AvgIpc) is 3.02. The molecule has 21 heavy (non-hydrogen) atoms. The second-order valence-electron chi connectivity index (χ2n) is 5.08. The highest BCUT2D eigenvalue weighted by Gasteiger charge is 2.09. The van der Waals surface area contributed by atoms with E-state index in [1.807, 2.05) is 38.1 Å². The number of nitrogens with zero attached hydrogens (tertiary/aromatic N) is 3. The highest BCUT2D eigenvalue weighted by atomic mass is 15.1. The first-order chi connectivity index (χ1) is 10.2. The summed E-state index contributed by atoms with van der Waals surface area (Å²) in [5, 5.41) is 11.6. The first kappa shape index (κ1) is 11.9. The first-order valence-corrected chi connectivity index (χ1v) is 6.74. The minimum Gasteiger partial charge on any atom is -0.342 e. The standard InChI is InChI=1S/C15H14N6/c1-8-14-12(21-20-8)5-6-16-15(14)19-10-3-4-11-13(7-10)18-9(2)17-11/h3-7H,1-2H3,(H,16,19)(H,17,18)(H,20,21). The van der Waals surface area contributed by atoms with Crippen LogP contribution in [0.4, 0.5) is 11.5 Å². The molecule has 0 fully saturated rings. The predicted octanol–water partition coefficient (Wildman–Crippen LogP) is 3.19. The van der Waals surface area contributed by atoms with Gasteiger partial charge >= 0.3 is 0 Å². The summed E-state index contributed by atoms with van der Waals surface area (Å²) in [5.74, 6) is 1.71. The molecule has 3 aromatic heterocycles. The maximum Gasteiger partial charge on any atom is 0.141 e. The lowest BCUT2D eigenvalue weighted by molar-refractivity contribution is 1.07. The highest BCUT2D eigenvalue weighted by molar-refractivity contribution is 5.93. The third-order valence-corrected chi connectivity index (χ3v) is 3.51. The summed E-state index contributed by atoms with van der Waals surface area (Å²) >= 11 is 0. The fraction of sp³-hybridized carbons (Fsp3) is 0.133. The molecule has 6 heteroatoms. The van der Waals surface area contributed by atoms with Crippen LogP contribution in [-0.4, -0.2) is 25.1 Å². The third kappa shape index (κ3) is 1.92. The summed E-state index contributed by atoms with van der Waals surface area (Å²) in [5.41, 5.74) is 4.84. The van der Waals surface area contributed by atoms with E-state index in [9.17, 15) is 0 Å². The predicted molar refractivity (Wildman–Crippen MR) is 82.7 cm³/mol. The molecule has 0 atom stereocenters. The van der Waals surface area contributed by atoms with Crippen molar-refractivity contribution in [3.05, 3.63) is 42.0 Å². The van der Waals surface area contributed by atoms with Crippen LogP contribution in [0.25, 0.3) is 21.9 Å². The maximum absolute atomic E-state index is 4.42. The van der Waals surface area contributed by atoms with Crippen LogP contribution in [0.5, 0.6) is 0 Å². The minimum atomic E-state index is 0.800. The lowest BCUT2D eigenvalue weighted by atomic mass is 10.2. The number of pyridine rings is 1. The molecule has 0 saturated heterocycles. The molecule has 0 aliphatic heterocycles. The Morgan fingerprint density at radius 2 is 2.00 bits per heavy atom. The molecule has 0 aliphatic rings. The Hall–Kier alpha value is -2.89. The number of aryl methyl sites for hydroxylation is 2. The van der Waals surface area contributed by atoms with Crippen molar-refractivity contribution in [2.75, 3.05) is 5.32 Å². The zero-order valence-corrected chi connectivity index (χ0v) is 11.7. The van der Waals surface area contributed by atoms with Crippen LogP contribution in [0, 0.1) is 13.8 Å². The topological polar surface area (TPSA) is 82.3 Å². The molecule has 0 unspecified atom stereocenters. The second kappa shape index (κ2) is 4.31. The summed E-state index contributed by atoms with van der Waals surface area (Å²) in [6, 6.07) is 7.92. The van der Waals surface area contributed by atoms with Crippen LogP contribution in [0.2, 0.25) is 0 Å². The van der Waals surface area contributed by atoms with Crippen molar-refractivity contribution in [3.63, 3.8) is 0 Å². The number of imidazole rings is 1. The Morgan fingerprint density at radius 3 is 2.90 bits per heavy atom. The Balaban J connectivity index is 1.80. The molecule has 0 radical (unpaired) electrons. The Bertz CT molecular complexity index is 949. The molecule has 3 N–H and O–H groups in total. The summed E-state index contributed by atoms with van der Waals surface area (Å²) in [4.78, 5) is 12.1. The van der Waals surface area contributed by atoms with E-state index in [-0.39, 0.29) is 0 Å². The molecule has 6 nitrogen and oxygen atoms in total. The maximum atomic E-state index is 4.42. The van der Waals surface area contributed by atoms with Gasteiger partial charge in [-0.05, 0) is 38.1 Å². The van der Waals surface area contributed by atoms with Gasteiger partial charge in [0.1, 0.15) is 11.6 Å². The Labute approximate surface area is 120 Å². The van der Waals surface area contributed by atoms with Crippen LogP contribution in [0.15, 0.2) is 30.5 Å². The van der Waals surface area contributed by atoms with Gasteiger partial charge in [0.05, 0.1) is 21.9 Å². The number of aromatic amines is 2. The molecular weight excluding hydrogens is 264 g/mol. The molecule has 4 rings (SSSR count). The van der Waals surface area contributed by atoms with E-state index in [2.05, 4.69) is 30.5 Å². The number of rotatable bonds is 2. The normalized spacial score (nSPS) is 11.3.